The van der Waals surface area contributed by atoms with Crippen LogP contribution in [0.5, 0.6) is 0 Å². The number of carbonyl (C=O) groups excluding carboxylic acids is 1. The van der Waals surface area contributed by atoms with E-state index in [1.54, 1.807) is 6.07 Å². The van der Waals surface area contributed by atoms with Gasteiger partial charge in [0.2, 0.25) is 0 Å². The lowest BCUT2D eigenvalue weighted by molar-refractivity contribution is 0.102. The molecule has 0 saturated carbocycles. The maximum atomic E-state index is 13.5. The van der Waals surface area contributed by atoms with Gasteiger partial charge < -0.3 is 11.1 Å². The summed E-state index contributed by atoms with van der Waals surface area (Å²) in [6.07, 6.45) is 1.40. The Bertz CT molecular complexity index is 583. The van der Waals surface area contributed by atoms with Crippen molar-refractivity contribution in [1.29, 1.82) is 0 Å². The number of aromatic nitrogens is 1. The summed E-state index contributed by atoms with van der Waals surface area (Å²) in [7, 11) is 0. The van der Waals surface area contributed by atoms with Gasteiger partial charge in [-0.15, -0.1) is 0 Å². The molecule has 92 valence electrons. The number of benzene rings is 1. The number of rotatable bonds is 2. The molecule has 1 aromatic heterocycles. The van der Waals surface area contributed by atoms with E-state index in [-0.39, 0.29) is 16.4 Å². The number of hydrogen-bond donors (Lipinski definition) is 2. The van der Waals surface area contributed by atoms with Gasteiger partial charge in [-0.3, -0.25) is 9.78 Å². The molecule has 0 radical (unpaired) electrons. The van der Waals surface area contributed by atoms with E-state index in [1.807, 2.05) is 0 Å². The van der Waals surface area contributed by atoms with Gasteiger partial charge in [0, 0.05) is 11.9 Å². The Morgan fingerprint density at radius 3 is 2.83 bits per heavy atom. The van der Waals surface area contributed by atoms with Gasteiger partial charge in [-0.2, -0.15) is 0 Å². The largest absolute Gasteiger partial charge is 0.399 e. The van der Waals surface area contributed by atoms with E-state index in [4.69, 9.17) is 17.3 Å². The molecule has 6 heteroatoms. The average Bonchev–Trinajstić information content (AvgIpc) is 2.34. The number of nitrogens with two attached hydrogens (primary N) is 1. The van der Waals surface area contributed by atoms with Gasteiger partial charge in [-0.1, -0.05) is 17.7 Å². The Hall–Kier alpha value is -2.14. The van der Waals surface area contributed by atoms with Gasteiger partial charge >= 0.3 is 0 Å². The molecular weight excluding hydrogens is 257 g/mol. The average molecular weight is 266 g/mol. The van der Waals surface area contributed by atoms with Crippen molar-refractivity contribution in [1.82, 2.24) is 4.98 Å². The lowest BCUT2D eigenvalue weighted by Gasteiger charge is -2.07. The molecule has 1 aromatic carbocycles. The molecule has 0 aliphatic heterocycles. The Morgan fingerprint density at radius 1 is 1.39 bits per heavy atom. The normalized spacial score (nSPS) is 10.1. The summed E-state index contributed by atoms with van der Waals surface area (Å²) in [6.45, 7) is 0. The van der Waals surface area contributed by atoms with Crippen molar-refractivity contribution < 1.29 is 9.18 Å². The minimum atomic E-state index is -0.611. The second-order valence-corrected chi connectivity index (χ2v) is 3.93. The minimum absolute atomic E-state index is 0.0756. The number of anilines is 2. The molecule has 0 aliphatic carbocycles. The van der Waals surface area contributed by atoms with Crippen LogP contribution in [0, 0.1) is 5.82 Å². The van der Waals surface area contributed by atoms with Crippen molar-refractivity contribution in [2.24, 2.45) is 0 Å². The molecule has 18 heavy (non-hydrogen) atoms. The summed E-state index contributed by atoms with van der Waals surface area (Å²) in [5.41, 5.74) is 5.94. The van der Waals surface area contributed by atoms with Crippen LogP contribution in [0.1, 0.15) is 10.5 Å². The summed E-state index contributed by atoms with van der Waals surface area (Å²) in [5.74, 6) is -1.19. The quantitative estimate of drug-likeness (QED) is 0.877. The minimum Gasteiger partial charge on any atom is -0.399 e. The van der Waals surface area contributed by atoms with E-state index < -0.39 is 11.7 Å². The maximum Gasteiger partial charge on any atom is 0.274 e. The van der Waals surface area contributed by atoms with Crippen LogP contribution in [0.4, 0.5) is 15.8 Å². The number of nitrogens with zero attached hydrogens (tertiary/aromatic N) is 1. The van der Waals surface area contributed by atoms with Gasteiger partial charge in [0.15, 0.2) is 0 Å². The summed E-state index contributed by atoms with van der Waals surface area (Å²) < 4.78 is 13.5. The first-order valence-corrected chi connectivity index (χ1v) is 5.42. The van der Waals surface area contributed by atoms with Gasteiger partial charge in [0.25, 0.3) is 5.91 Å². The van der Waals surface area contributed by atoms with Crippen LogP contribution in [-0.4, -0.2) is 10.9 Å². The molecule has 0 spiro atoms. The van der Waals surface area contributed by atoms with E-state index in [2.05, 4.69) is 10.3 Å². The molecule has 0 saturated heterocycles. The standard InChI is InChI=1S/C12H9ClFN3O/c13-8-2-1-3-9(14)11(8)17-12(18)10-6-7(15)4-5-16-10/h1-6H,(H2,15,16)(H,17,18). The van der Waals surface area contributed by atoms with Crippen molar-refractivity contribution in [3.05, 3.63) is 53.1 Å². The highest BCUT2D eigenvalue weighted by Gasteiger charge is 2.13. The van der Waals surface area contributed by atoms with Gasteiger partial charge in [0.05, 0.1) is 10.7 Å². The fourth-order valence-corrected chi connectivity index (χ4v) is 1.58. The van der Waals surface area contributed by atoms with Crippen LogP contribution in [0.2, 0.25) is 5.02 Å². The lowest BCUT2D eigenvalue weighted by Crippen LogP contribution is -2.15. The highest BCUT2D eigenvalue weighted by Crippen LogP contribution is 2.25. The molecule has 0 atom stereocenters. The Kier molecular flexibility index (Phi) is 3.43. The number of nitrogen functional groups attached to an aromatic ring is 1. The third kappa shape index (κ3) is 2.57. The summed E-state index contributed by atoms with van der Waals surface area (Å²) in [5, 5.41) is 2.48. The fraction of sp³-hybridized carbons (Fsp3) is 0. The topological polar surface area (TPSA) is 68.0 Å². The molecule has 0 aliphatic rings. The van der Waals surface area contributed by atoms with E-state index in [1.165, 1.54) is 30.5 Å². The molecule has 2 aromatic rings. The van der Waals surface area contributed by atoms with E-state index in [0.29, 0.717) is 5.69 Å². The number of nitrogens with one attached hydrogen (secondary N) is 1. The Balaban J connectivity index is 2.27. The first-order chi connectivity index (χ1) is 8.58. The number of carbonyl (C=O) groups is 1. The van der Waals surface area contributed by atoms with E-state index in [9.17, 15) is 9.18 Å². The number of hydrogen-bond acceptors (Lipinski definition) is 3. The number of pyridine rings is 1. The predicted molar refractivity (Wildman–Crippen MR) is 68.0 cm³/mol. The number of halogens is 2. The number of para-hydroxylation sites is 1. The monoisotopic (exact) mass is 265 g/mol. The molecule has 0 bridgehead atoms. The molecule has 0 fully saturated rings. The van der Waals surface area contributed by atoms with E-state index in [0.717, 1.165) is 0 Å². The predicted octanol–water partition coefficient (Wildman–Crippen LogP) is 2.71. The zero-order valence-corrected chi connectivity index (χ0v) is 9.91. The highest BCUT2D eigenvalue weighted by atomic mass is 35.5. The van der Waals surface area contributed by atoms with Crippen molar-refractivity contribution in [3.63, 3.8) is 0 Å². The number of amides is 1. The van der Waals surface area contributed by atoms with Crippen molar-refractivity contribution in [2.45, 2.75) is 0 Å². The molecule has 1 heterocycles. The van der Waals surface area contributed by atoms with Crippen LogP contribution in [0.15, 0.2) is 36.5 Å². The maximum absolute atomic E-state index is 13.5. The van der Waals surface area contributed by atoms with Gasteiger partial charge in [-0.25, -0.2) is 4.39 Å². The lowest BCUT2D eigenvalue weighted by atomic mass is 10.2. The highest BCUT2D eigenvalue weighted by molar-refractivity contribution is 6.33. The van der Waals surface area contributed by atoms with E-state index >= 15 is 0 Å². The van der Waals surface area contributed by atoms with Crippen LogP contribution < -0.4 is 11.1 Å². The molecule has 4 nitrogen and oxygen atoms in total. The summed E-state index contributed by atoms with van der Waals surface area (Å²) in [4.78, 5) is 15.7. The van der Waals surface area contributed by atoms with Crippen molar-refractivity contribution in [2.75, 3.05) is 11.1 Å². The first kappa shape index (κ1) is 12.3. The SMILES string of the molecule is Nc1ccnc(C(=O)Nc2c(F)cccc2Cl)c1. The Labute approximate surface area is 108 Å². The second-order valence-electron chi connectivity index (χ2n) is 3.53. The van der Waals surface area contributed by atoms with Gasteiger partial charge in [0.1, 0.15) is 11.5 Å². The Morgan fingerprint density at radius 2 is 2.17 bits per heavy atom. The zero-order chi connectivity index (χ0) is 13.1. The summed E-state index contributed by atoms with van der Waals surface area (Å²) in [6, 6.07) is 7.07. The van der Waals surface area contributed by atoms with Crippen LogP contribution >= 0.6 is 11.6 Å². The zero-order valence-electron chi connectivity index (χ0n) is 9.15. The molecule has 1 amide bonds. The smallest absolute Gasteiger partial charge is 0.274 e. The second kappa shape index (κ2) is 5.01. The molecule has 3 N–H and O–H groups in total. The molecule has 0 unspecified atom stereocenters. The van der Waals surface area contributed by atoms with Crippen molar-refractivity contribution >= 4 is 28.9 Å². The van der Waals surface area contributed by atoms with Crippen LogP contribution in [0.3, 0.4) is 0 Å². The van der Waals surface area contributed by atoms with Crippen molar-refractivity contribution in [3.8, 4) is 0 Å². The van der Waals surface area contributed by atoms with Crippen LogP contribution in [0.25, 0.3) is 0 Å². The molecular formula is C12H9ClFN3O. The summed E-state index contributed by atoms with van der Waals surface area (Å²) >= 11 is 5.79. The third-order valence-corrected chi connectivity index (χ3v) is 2.53. The fourth-order valence-electron chi connectivity index (χ4n) is 1.37. The molecule has 2 rings (SSSR count). The van der Waals surface area contributed by atoms with Gasteiger partial charge in [-0.05, 0) is 24.3 Å². The third-order valence-electron chi connectivity index (χ3n) is 2.22. The van der Waals surface area contributed by atoms with Crippen LogP contribution in [-0.2, 0) is 0 Å². The first-order valence-electron chi connectivity index (χ1n) is 5.05.